The van der Waals surface area contributed by atoms with E-state index in [0.717, 1.165) is 25.4 Å². The summed E-state index contributed by atoms with van der Waals surface area (Å²) < 4.78 is 0. The van der Waals surface area contributed by atoms with Crippen molar-refractivity contribution in [3.63, 3.8) is 0 Å². The van der Waals surface area contributed by atoms with Crippen molar-refractivity contribution in [3.8, 4) is 0 Å². The van der Waals surface area contributed by atoms with Crippen molar-refractivity contribution in [1.29, 1.82) is 0 Å². The van der Waals surface area contributed by atoms with Gasteiger partial charge in [-0.25, -0.2) is 0 Å². The number of hydrogen-bond donors (Lipinski definition) is 2. The third-order valence-corrected chi connectivity index (χ3v) is 3.27. The number of rotatable bonds is 7. The van der Waals surface area contributed by atoms with E-state index >= 15 is 0 Å². The number of likely N-dealkylation sites (N-methyl/N-ethyl adjacent to an activating group) is 1. The lowest BCUT2D eigenvalue weighted by atomic mass is 10.0. The van der Waals surface area contributed by atoms with Gasteiger partial charge < -0.3 is 10.0 Å². The van der Waals surface area contributed by atoms with Gasteiger partial charge in [-0.1, -0.05) is 37.3 Å². The number of hydrogen-bond acceptors (Lipinski definition) is 3. The Kier molecular flexibility index (Phi) is 6.53. The van der Waals surface area contributed by atoms with E-state index in [1.165, 1.54) is 5.56 Å². The van der Waals surface area contributed by atoms with Crippen LogP contribution in [0.3, 0.4) is 0 Å². The molecular formula is C13H21NOS. The average molecular weight is 239 g/mol. The van der Waals surface area contributed by atoms with Gasteiger partial charge in [0.05, 0.1) is 6.61 Å². The van der Waals surface area contributed by atoms with E-state index in [1.807, 2.05) is 6.07 Å². The topological polar surface area (TPSA) is 23.5 Å². The maximum atomic E-state index is 8.96. The summed E-state index contributed by atoms with van der Waals surface area (Å²) in [5.41, 5.74) is 1.33. The van der Waals surface area contributed by atoms with E-state index < -0.39 is 0 Å². The minimum Gasteiger partial charge on any atom is -0.395 e. The summed E-state index contributed by atoms with van der Waals surface area (Å²) >= 11 is 4.42. The van der Waals surface area contributed by atoms with E-state index in [9.17, 15) is 0 Å². The maximum absolute atomic E-state index is 8.96. The molecule has 1 aromatic rings. The summed E-state index contributed by atoms with van der Waals surface area (Å²) in [4.78, 5) is 2.26. The Morgan fingerprint density at radius 3 is 2.50 bits per heavy atom. The molecule has 0 amide bonds. The molecule has 0 fully saturated rings. The number of aliphatic hydroxyl groups excluding tert-OH is 1. The van der Waals surface area contributed by atoms with Gasteiger partial charge in [0.1, 0.15) is 0 Å². The number of thiol groups is 1. The Balaban J connectivity index is 2.61. The van der Waals surface area contributed by atoms with Crippen LogP contribution in [0.5, 0.6) is 0 Å². The smallest absolute Gasteiger partial charge is 0.0558 e. The van der Waals surface area contributed by atoms with Crippen LogP contribution < -0.4 is 0 Å². The summed E-state index contributed by atoms with van der Waals surface area (Å²) in [5, 5.41) is 8.96. The Labute approximate surface area is 104 Å². The van der Waals surface area contributed by atoms with Gasteiger partial charge in [0, 0.05) is 19.0 Å². The second-order valence-electron chi connectivity index (χ2n) is 3.91. The summed E-state index contributed by atoms with van der Waals surface area (Å²) in [6, 6.07) is 10.5. The molecule has 0 bridgehead atoms. The molecule has 0 aliphatic rings. The lowest BCUT2D eigenvalue weighted by molar-refractivity contribution is 0.197. The van der Waals surface area contributed by atoms with Crippen LogP contribution in [0.1, 0.15) is 18.4 Å². The first kappa shape index (κ1) is 13.6. The van der Waals surface area contributed by atoms with Gasteiger partial charge in [0.2, 0.25) is 0 Å². The van der Waals surface area contributed by atoms with Crippen molar-refractivity contribution in [1.82, 2.24) is 4.90 Å². The van der Waals surface area contributed by atoms with Gasteiger partial charge in [0.25, 0.3) is 0 Å². The van der Waals surface area contributed by atoms with Crippen molar-refractivity contribution in [3.05, 3.63) is 35.9 Å². The van der Waals surface area contributed by atoms with Crippen LogP contribution in [0.2, 0.25) is 0 Å². The van der Waals surface area contributed by atoms with Gasteiger partial charge in [-0.2, -0.15) is 12.6 Å². The largest absolute Gasteiger partial charge is 0.395 e. The quantitative estimate of drug-likeness (QED) is 0.711. The van der Waals surface area contributed by atoms with Crippen LogP contribution in [0.4, 0.5) is 0 Å². The Morgan fingerprint density at radius 2 is 2.00 bits per heavy atom. The minimum atomic E-state index is 0.224. The van der Waals surface area contributed by atoms with Crippen molar-refractivity contribution in [2.45, 2.75) is 12.8 Å². The van der Waals surface area contributed by atoms with Gasteiger partial charge >= 0.3 is 0 Å². The number of nitrogens with zero attached hydrogens (tertiary/aromatic N) is 1. The molecule has 1 unspecified atom stereocenters. The van der Waals surface area contributed by atoms with E-state index in [2.05, 4.69) is 48.7 Å². The average Bonchev–Trinajstić information content (AvgIpc) is 2.35. The number of aliphatic hydroxyl groups is 1. The zero-order valence-electron chi connectivity index (χ0n) is 9.84. The van der Waals surface area contributed by atoms with E-state index in [0.29, 0.717) is 5.92 Å². The predicted octanol–water partition coefficient (Wildman–Crippen LogP) is 2.01. The summed E-state index contributed by atoms with van der Waals surface area (Å²) in [5.74, 6) is 1.28. The van der Waals surface area contributed by atoms with Crippen LogP contribution in [0.15, 0.2) is 30.3 Å². The highest BCUT2D eigenvalue weighted by molar-refractivity contribution is 7.80. The molecule has 0 aliphatic heterocycles. The van der Waals surface area contributed by atoms with Crippen LogP contribution >= 0.6 is 12.6 Å². The first-order valence-electron chi connectivity index (χ1n) is 5.80. The van der Waals surface area contributed by atoms with Crippen LogP contribution in [-0.4, -0.2) is 42.0 Å². The summed E-state index contributed by atoms with van der Waals surface area (Å²) in [7, 11) is 0. The molecule has 0 heterocycles. The fourth-order valence-electron chi connectivity index (χ4n) is 1.83. The van der Waals surface area contributed by atoms with E-state index in [4.69, 9.17) is 5.11 Å². The molecule has 1 N–H and O–H groups in total. The molecule has 1 rings (SSSR count). The van der Waals surface area contributed by atoms with Gasteiger partial charge in [0.15, 0.2) is 0 Å². The Morgan fingerprint density at radius 1 is 1.31 bits per heavy atom. The van der Waals surface area contributed by atoms with Gasteiger partial charge in [-0.3, -0.25) is 0 Å². The first-order chi connectivity index (χ1) is 7.81. The van der Waals surface area contributed by atoms with Crippen LogP contribution in [-0.2, 0) is 0 Å². The summed E-state index contributed by atoms with van der Waals surface area (Å²) in [6.45, 7) is 5.02. The highest BCUT2D eigenvalue weighted by atomic mass is 32.1. The molecule has 0 aliphatic carbocycles. The fraction of sp³-hybridized carbons (Fsp3) is 0.538. The standard InChI is InChI=1S/C13H21NOS/c1-2-14(8-9-15)10-13(11-16)12-6-4-3-5-7-12/h3-7,13,15-16H,2,8-11H2,1H3. The molecule has 1 atom stereocenters. The molecule has 0 radical (unpaired) electrons. The lowest BCUT2D eigenvalue weighted by Gasteiger charge is -2.25. The highest BCUT2D eigenvalue weighted by Gasteiger charge is 2.13. The second kappa shape index (κ2) is 7.71. The molecular weight excluding hydrogens is 218 g/mol. The Bertz CT molecular complexity index is 279. The molecule has 0 spiro atoms. The van der Waals surface area contributed by atoms with Gasteiger partial charge in [-0.05, 0) is 17.9 Å². The molecule has 0 saturated carbocycles. The lowest BCUT2D eigenvalue weighted by Crippen LogP contribution is -2.31. The molecule has 90 valence electrons. The summed E-state index contributed by atoms with van der Waals surface area (Å²) in [6.07, 6.45) is 0. The highest BCUT2D eigenvalue weighted by Crippen LogP contribution is 2.18. The van der Waals surface area contributed by atoms with Gasteiger partial charge in [-0.15, -0.1) is 0 Å². The van der Waals surface area contributed by atoms with Crippen molar-refractivity contribution >= 4 is 12.6 Å². The third kappa shape index (κ3) is 4.16. The van der Waals surface area contributed by atoms with E-state index in [-0.39, 0.29) is 6.61 Å². The molecule has 2 nitrogen and oxygen atoms in total. The van der Waals surface area contributed by atoms with Crippen molar-refractivity contribution in [2.24, 2.45) is 0 Å². The van der Waals surface area contributed by atoms with Crippen molar-refractivity contribution in [2.75, 3.05) is 32.0 Å². The number of benzene rings is 1. The Hall–Kier alpha value is -0.510. The molecule has 0 saturated heterocycles. The third-order valence-electron chi connectivity index (χ3n) is 2.83. The first-order valence-corrected chi connectivity index (χ1v) is 6.44. The van der Waals surface area contributed by atoms with Crippen molar-refractivity contribution < 1.29 is 5.11 Å². The van der Waals surface area contributed by atoms with Crippen LogP contribution in [0.25, 0.3) is 0 Å². The SMILES string of the molecule is CCN(CCO)CC(CS)c1ccccc1. The second-order valence-corrected chi connectivity index (χ2v) is 4.27. The van der Waals surface area contributed by atoms with E-state index in [1.54, 1.807) is 0 Å². The fourth-order valence-corrected chi connectivity index (χ4v) is 2.15. The zero-order valence-corrected chi connectivity index (χ0v) is 10.7. The normalized spacial score (nSPS) is 13.0. The zero-order chi connectivity index (χ0) is 11.8. The minimum absolute atomic E-state index is 0.224. The molecule has 1 aromatic carbocycles. The molecule has 0 aromatic heterocycles. The van der Waals surface area contributed by atoms with Crippen LogP contribution in [0, 0.1) is 0 Å². The molecule has 3 heteroatoms. The predicted molar refractivity (Wildman–Crippen MR) is 72.2 cm³/mol. The monoisotopic (exact) mass is 239 g/mol. The molecule has 16 heavy (non-hydrogen) atoms. The maximum Gasteiger partial charge on any atom is 0.0558 e.